The van der Waals surface area contributed by atoms with Crippen LogP contribution >= 0.6 is 0 Å². The number of tetrazole rings is 1. The van der Waals surface area contributed by atoms with E-state index in [1.807, 2.05) is 42.7 Å². The van der Waals surface area contributed by atoms with Crippen molar-refractivity contribution in [1.29, 1.82) is 0 Å². The smallest absolute Gasteiger partial charge is 0.318 e. The molecule has 38 heavy (non-hydrogen) atoms. The number of unbranched alkanes of at least 4 members (excludes halogenated alkanes) is 2. The first kappa shape index (κ1) is 25.3. The van der Waals surface area contributed by atoms with Gasteiger partial charge in [0.25, 0.3) is 5.56 Å². The second kappa shape index (κ2) is 11.0. The first-order valence-corrected chi connectivity index (χ1v) is 13.1. The molecule has 2 aromatic carbocycles. The highest BCUT2D eigenvalue weighted by Gasteiger charge is 2.19. The molecule has 0 radical (unpaired) electrons. The Balaban J connectivity index is 1.54. The summed E-state index contributed by atoms with van der Waals surface area (Å²) in [6, 6.07) is 16.2. The fraction of sp³-hybridized carbons (Fsp3) is 0.357. The Hall–Kier alpha value is -4.34. The normalized spacial score (nSPS) is 11.6. The van der Waals surface area contributed by atoms with Gasteiger partial charge in [-0.05, 0) is 39.5 Å². The lowest BCUT2D eigenvalue weighted by atomic mass is 9.98. The summed E-state index contributed by atoms with van der Waals surface area (Å²) < 4.78 is 3.57. The third kappa shape index (κ3) is 5.06. The van der Waals surface area contributed by atoms with Crippen LogP contribution in [0.15, 0.2) is 58.1 Å². The molecule has 0 bridgehead atoms. The average molecular weight is 513 g/mol. The van der Waals surface area contributed by atoms with Crippen molar-refractivity contribution < 1.29 is 0 Å². The summed E-state index contributed by atoms with van der Waals surface area (Å²) in [6.45, 7) is 7.22. The van der Waals surface area contributed by atoms with Crippen LogP contribution in [0, 0.1) is 5.92 Å². The average Bonchev–Trinajstić information content (AvgIpc) is 3.56. The van der Waals surface area contributed by atoms with Gasteiger partial charge in [-0.15, -0.1) is 5.10 Å². The minimum atomic E-state index is -0.411. The molecule has 10 heteroatoms. The van der Waals surface area contributed by atoms with Crippen LogP contribution in [-0.4, -0.2) is 39.7 Å². The van der Waals surface area contributed by atoms with Crippen molar-refractivity contribution >= 4 is 11.2 Å². The molecule has 10 nitrogen and oxygen atoms in total. The number of rotatable bonds is 10. The molecule has 0 aliphatic heterocycles. The Morgan fingerprint density at radius 3 is 2.39 bits per heavy atom. The van der Waals surface area contributed by atoms with Crippen LogP contribution in [0.5, 0.6) is 0 Å². The van der Waals surface area contributed by atoms with Gasteiger partial charge in [0.05, 0.1) is 0 Å². The van der Waals surface area contributed by atoms with Crippen molar-refractivity contribution in [1.82, 2.24) is 39.7 Å². The van der Waals surface area contributed by atoms with Crippen molar-refractivity contribution in [2.45, 2.75) is 59.5 Å². The van der Waals surface area contributed by atoms with Gasteiger partial charge in [0, 0.05) is 25.1 Å². The Morgan fingerprint density at radius 1 is 0.947 bits per heavy atom. The molecule has 0 atom stereocenters. The van der Waals surface area contributed by atoms with E-state index in [4.69, 9.17) is 4.98 Å². The Morgan fingerprint density at radius 2 is 1.71 bits per heavy atom. The zero-order valence-electron chi connectivity index (χ0n) is 21.9. The summed E-state index contributed by atoms with van der Waals surface area (Å²) in [5.41, 5.74) is 4.09. The number of fused-ring (bicyclic) bond motifs is 1. The van der Waals surface area contributed by atoms with Gasteiger partial charge in [0.2, 0.25) is 0 Å². The molecule has 0 unspecified atom stereocenters. The van der Waals surface area contributed by atoms with Crippen molar-refractivity contribution in [2.75, 3.05) is 0 Å². The van der Waals surface area contributed by atoms with Gasteiger partial charge in [-0.3, -0.25) is 14.3 Å². The minimum Gasteiger partial charge on any atom is -0.318 e. The number of H-pyrrole nitrogens is 2. The van der Waals surface area contributed by atoms with Gasteiger partial charge in [0.1, 0.15) is 5.82 Å². The summed E-state index contributed by atoms with van der Waals surface area (Å²) in [5.74, 6) is 1.67. The van der Waals surface area contributed by atoms with Crippen molar-refractivity contribution in [3.05, 3.63) is 80.8 Å². The first-order chi connectivity index (χ1) is 18.5. The van der Waals surface area contributed by atoms with Gasteiger partial charge in [-0.2, -0.15) is 0 Å². The summed E-state index contributed by atoms with van der Waals surface area (Å²) in [7, 11) is 0. The SMILES string of the molecule is CCCCCc1nc2c(c(=O)[nH]c(=O)n2CC(C)C)n1Cc1ccc(-c2ccccc2-c2nnn[nH]2)cc1. The Labute approximate surface area is 219 Å². The summed E-state index contributed by atoms with van der Waals surface area (Å²) in [5, 5.41) is 14.3. The van der Waals surface area contributed by atoms with Gasteiger partial charge >= 0.3 is 5.69 Å². The molecule has 0 aliphatic carbocycles. The second-order valence-corrected chi connectivity index (χ2v) is 10.00. The molecule has 3 aromatic heterocycles. The molecule has 2 N–H and O–H groups in total. The van der Waals surface area contributed by atoms with Crippen molar-refractivity contribution in [3.8, 4) is 22.5 Å². The van der Waals surface area contributed by atoms with Crippen LogP contribution in [0.4, 0.5) is 0 Å². The molecular formula is C28H32N8O2. The number of hydrogen-bond donors (Lipinski definition) is 2. The fourth-order valence-corrected chi connectivity index (χ4v) is 4.83. The number of benzene rings is 2. The topological polar surface area (TPSA) is 127 Å². The summed E-state index contributed by atoms with van der Waals surface area (Å²) in [4.78, 5) is 33.0. The van der Waals surface area contributed by atoms with E-state index in [0.29, 0.717) is 30.1 Å². The van der Waals surface area contributed by atoms with Crippen LogP contribution < -0.4 is 11.2 Å². The molecule has 0 amide bonds. The maximum absolute atomic E-state index is 13.0. The summed E-state index contributed by atoms with van der Waals surface area (Å²) >= 11 is 0. The van der Waals surface area contributed by atoms with E-state index in [2.05, 4.69) is 56.8 Å². The molecular weight excluding hydrogens is 480 g/mol. The molecule has 0 spiro atoms. The Kier molecular flexibility index (Phi) is 7.30. The third-order valence-electron chi connectivity index (χ3n) is 6.65. The maximum atomic E-state index is 13.0. The molecule has 0 fully saturated rings. The third-order valence-corrected chi connectivity index (χ3v) is 6.65. The van der Waals surface area contributed by atoms with E-state index in [1.165, 1.54) is 0 Å². The number of aromatic nitrogens is 8. The van der Waals surface area contributed by atoms with E-state index in [9.17, 15) is 9.59 Å². The monoisotopic (exact) mass is 512 g/mol. The van der Waals surface area contributed by atoms with E-state index in [1.54, 1.807) is 4.57 Å². The largest absolute Gasteiger partial charge is 0.330 e. The fourth-order valence-electron chi connectivity index (χ4n) is 4.83. The number of aromatic amines is 2. The van der Waals surface area contributed by atoms with Crippen molar-refractivity contribution in [3.63, 3.8) is 0 Å². The van der Waals surface area contributed by atoms with Gasteiger partial charge in [-0.25, -0.2) is 14.9 Å². The molecule has 0 saturated heterocycles. The number of aryl methyl sites for hydroxylation is 1. The molecule has 5 aromatic rings. The highest BCUT2D eigenvalue weighted by Crippen LogP contribution is 2.30. The standard InChI is InChI=1S/C28H32N8O2/c1-4-5-6-11-23-29-26-24(27(37)30-28(38)36(26)16-18(2)3)35(23)17-19-12-14-20(15-13-19)21-9-7-8-10-22(21)25-31-33-34-32-25/h7-10,12-15,18H,4-6,11,16-17H2,1-3H3,(H,30,37,38)(H,31,32,33,34). The van der Waals surface area contributed by atoms with Crippen LogP contribution in [0.2, 0.25) is 0 Å². The van der Waals surface area contributed by atoms with Crippen LogP contribution in [0.25, 0.3) is 33.7 Å². The molecule has 196 valence electrons. The Bertz CT molecular complexity index is 1640. The molecule has 3 heterocycles. The number of nitrogens with zero attached hydrogens (tertiary/aromatic N) is 6. The number of nitrogens with one attached hydrogen (secondary N) is 2. The highest BCUT2D eigenvalue weighted by atomic mass is 16.2. The van der Waals surface area contributed by atoms with Gasteiger partial charge < -0.3 is 4.57 Å². The van der Waals surface area contributed by atoms with Crippen LogP contribution in [0.3, 0.4) is 0 Å². The lowest BCUT2D eigenvalue weighted by molar-refractivity contribution is 0.513. The number of imidazole rings is 1. The molecule has 0 saturated carbocycles. The predicted molar refractivity (Wildman–Crippen MR) is 147 cm³/mol. The lowest BCUT2D eigenvalue weighted by Crippen LogP contribution is -2.32. The van der Waals surface area contributed by atoms with Crippen molar-refractivity contribution in [2.24, 2.45) is 5.92 Å². The van der Waals surface area contributed by atoms with E-state index in [-0.39, 0.29) is 5.92 Å². The molecule has 5 rings (SSSR count). The second-order valence-electron chi connectivity index (χ2n) is 10.00. The first-order valence-electron chi connectivity index (χ1n) is 13.1. The zero-order chi connectivity index (χ0) is 26.6. The highest BCUT2D eigenvalue weighted by molar-refractivity contribution is 5.80. The predicted octanol–water partition coefficient (Wildman–Crippen LogP) is 4.17. The lowest BCUT2D eigenvalue weighted by Gasteiger charge is -2.12. The van der Waals surface area contributed by atoms with E-state index < -0.39 is 11.2 Å². The number of hydrogen-bond acceptors (Lipinski definition) is 6. The van der Waals surface area contributed by atoms with Gasteiger partial charge in [-0.1, -0.05) is 82.1 Å². The van der Waals surface area contributed by atoms with E-state index in [0.717, 1.165) is 53.8 Å². The quantitative estimate of drug-likeness (QED) is 0.270. The summed E-state index contributed by atoms with van der Waals surface area (Å²) in [6.07, 6.45) is 3.88. The molecule has 0 aliphatic rings. The van der Waals surface area contributed by atoms with Crippen LogP contribution in [-0.2, 0) is 19.5 Å². The zero-order valence-corrected chi connectivity index (χ0v) is 21.9. The van der Waals surface area contributed by atoms with E-state index >= 15 is 0 Å². The van der Waals surface area contributed by atoms with Gasteiger partial charge in [0.15, 0.2) is 17.0 Å². The van der Waals surface area contributed by atoms with Crippen LogP contribution in [0.1, 0.15) is 51.4 Å². The minimum absolute atomic E-state index is 0.235. The maximum Gasteiger partial charge on any atom is 0.330 e.